The van der Waals surface area contributed by atoms with Crippen molar-refractivity contribution in [2.45, 2.75) is 39.2 Å². The number of aromatic amines is 1. The number of anilines is 1. The van der Waals surface area contributed by atoms with Crippen LogP contribution in [0.1, 0.15) is 42.3 Å². The van der Waals surface area contributed by atoms with Crippen molar-refractivity contribution in [2.75, 3.05) is 18.9 Å². The van der Waals surface area contributed by atoms with Gasteiger partial charge in [0.2, 0.25) is 5.95 Å². The summed E-state index contributed by atoms with van der Waals surface area (Å²) in [6.45, 7) is 3.69. The first-order chi connectivity index (χ1) is 21.4. The number of aromatic nitrogens is 7. The van der Waals surface area contributed by atoms with Crippen molar-refractivity contribution in [2.24, 2.45) is 0 Å². The summed E-state index contributed by atoms with van der Waals surface area (Å²) in [7, 11) is 0. The van der Waals surface area contributed by atoms with Crippen LogP contribution < -0.4 is 15.8 Å². The van der Waals surface area contributed by atoms with E-state index in [2.05, 4.69) is 35.3 Å². The smallest absolute Gasteiger partial charge is 0.261 e. The molecule has 6 aromatic rings. The molecule has 0 atom stereocenters. The summed E-state index contributed by atoms with van der Waals surface area (Å²) in [6.07, 6.45) is 11.1. The van der Waals surface area contributed by atoms with Gasteiger partial charge in [0.05, 0.1) is 39.1 Å². The zero-order valence-electron chi connectivity index (χ0n) is 23.8. The van der Waals surface area contributed by atoms with Gasteiger partial charge in [-0.15, -0.1) is 11.3 Å². The summed E-state index contributed by atoms with van der Waals surface area (Å²) in [4.78, 5) is 34.1. The van der Waals surface area contributed by atoms with Crippen LogP contribution in [0.2, 0.25) is 10.0 Å². The lowest BCUT2D eigenvalue weighted by Crippen LogP contribution is -2.21. The Morgan fingerprint density at radius 1 is 1.07 bits per heavy atom. The predicted molar refractivity (Wildman–Crippen MR) is 174 cm³/mol. The average molecular weight is 651 g/mol. The number of halogens is 2. The van der Waals surface area contributed by atoms with Crippen molar-refractivity contribution in [3.05, 3.63) is 64.1 Å². The van der Waals surface area contributed by atoms with E-state index in [9.17, 15) is 4.79 Å². The van der Waals surface area contributed by atoms with E-state index in [4.69, 9.17) is 33.7 Å². The Kier molecular flexibility index (Phi) is 8.91. The number of hydrogen-bond acceptors (Lipinski definition) is 9. The summed E-state index contributed by atoms with van der Waals surface area (Å²) < 4.78 is 8.01. The zero-order valence-corrected chi connectivity index (χ0v) is 26.1. The lowest BCUT2D eigenvalue weighted by molar-refractivity contribution is 0.0960. The molecule has 11 nitrogen and oxygen atoms in total. The Labute approximate surface area is 266 Å². The Morgan fingerprint density at radius 2 is 1.93 bits per heavy atom. The standard InChI is InChI=1S/C30H29Cl2N9O2S/c1-2-34-28(42)24-12-20-26(39-30(33)40-29(20)44-24)19-11-23(22(32)13-21(19)31)43-10-6-4-3-5-9-41-15-17(14-38-41)25-18-7-8-35-27(18)37-16-36-25/h7-8,11-16H,2-6,9-10H2,1H3,(H,34,42)(H2,33,39,40)(H,35,36,37). The third-order valence-electron chi connectivity index (χ3n) is 7.05. The minimum atomic E-state index is -0.179. The number of fused-ring (bicyclic) bond motifs is 2. The van der Waals surface area contributed by atoms with E-state index in [0.717, 1.165) is 54.5 Å². The highest BCUT2D eigenvalue weighted by molar-refractivity contribution is 7.20. The first kappa shape index (κ1) is 29.8. The van der Waals surface area contributed by atoms with Crippen LogP contribution in [-0.4, -0.2) is 53.8 Å². The topological polar surface area (TPSA) is 150 Å². The zero-order chi connectivity index (χ0) is 30.6. The molecule has 44 heavy (non-hydrogen) atoms. The van der Waals surface area contributed by atoms with Gasteiger partial charge >= 0.3 is 0 Å². The Bertz CT molecular complexity index is 1950. The van der Waals surface area contributed by atoms with Gasteiger partial charge in [0.1, 0.15) is 22.6 Å². The van der Waals surface area contributed by atoms with Crippen molar-refractivity contribution in [3.63, 3.8) is 0 Å². The molecule has 5 aromatic heterocycles. The van der Waals surface area contributed by atoms with Gasteiger partial charge in [-0.3, -0.25) is 9.48 Å². The van der Waals surface area contributed by atoms with Crippen LogP contribution >= 0.6 is 34.5 Å². The number of unbranched alkanes of at least 4 members (excludes halogenated alkanes) is 3. The second-order valence-electron chi connectivity index (χ2n) is 10.1. The molecule has 4 N–H and O–H groups in total. The molecule has 1 aromatic carbocycles. The quantitative estimate of drug-likeness (QED) is 0.123. The Hall–Kier alpha value is -4.26. The molecular formula is C30H29Cl2N9O2S. The third kappa shape index (κ3) is 6.33. The highest BCUT2D eigenvalue weighted by atomic mass is 35.5. The first-order valence-corrected chi connectivity index (χ1v) is 15.8. The third-order valence-corrected chi connectivity index (χ3v) is 8.68. The van der Waals surface area contributed by atoms with Gasteiger partial charge in [-0.25, -0.2) is 19.9 Å². The van der Waals surface area contributed by atoms with Gasteiger partial charge < -0.3 is 20.8 Å². The van der Waals surface area contributed by atoms with Crippen LogP contribution in [0.15, 0.2) is 49.2 Å². The number of nitrogen functional groups attached to an aromatic ring is 1. The fraction of sp³-hybridized carbons (Fsp3) is 0.267. The number of carbonyl (C=O) groups is 1. The highest BCUT2D eigenvalue weighted by Gasteiger charge is 2.19. The number of ether oxygens (including phenoxy) is 1. The van der Waals surface area contributed by atoms with Crippen LogP contribution in [0.5, 0.6) is 5.75 Å². The van der Waals surface area contributed by atoms with Gasteiger partial charge in [-0.2, -0.15) is 5.10 Å². The molecule has 0 radical (unpaired) electrons. The number of aryl methyl sites for hydroxylation is 1. The van der Waals surface area contributed by atoms with Crippen LogP contribution in [0.3, 0.4) is 0 Å². The van der Waals surface area contributed by atoms with E-state index in [1.165, 1.54) is 11.3 Å². The van der Waals surface area contributed by atoms with E-state index in [-0.39, 0.29) is 11.9 Å². The monoisotopic (exact) mass is 649 g/mol. The lowest BCUT2D eigenvalue weighted by atomic mass is 10.1. The fourth-order valence-electron chi connectivity index (χ4n) is 4.95. The van der Waals surface area contributed by atoms with Crippen molar-refractivity contribution in [1.29, 1.82) is 0 Å². The molecule has 14 heteroatoms. The predicted octanol–water partition coefficient (Wildman–Crippen LogP) is 6.77. The number of nitrogens with one attached hydrogen (secondary N) is 2. The van der Waals surface area contributed by atoms with Crippen molar-refractivity contribution < 1.29 is 9.53 Å². The summed E-state index contributed by atoms with van der Waals surface area (Å²) in [6, 6.07) is 7.13. The number of thiophene rings is 1. The maximum absolute atomic E-state index is 12.4. The largest absolute Gasteiger partial charge is 0.492 e. The molecule has 1 amide bonds. The lowest BCUT2D eigenvalue weighted by Gasteiger charge is -2.12. The fourth-order valence-corrected chi connectivity index (χ4v) is 6.43. The Balaban J connectivity index is 1.04. The first-order valence-electron chi connectivity index (χ1n) is 14.2. The number of carbonyl (C=O) groups excluding carboxylic acids is 1. The number of amides is 1. The maximum Gasteiger partial charge on any atom is 0.261 e. The molecule has 6 rings (SSSR count). The normalized spacial score (nSPS) is 11.4. The van der Waals surface area contributed by atoms with Crippen molar-refractivity contribution >= 4 is 67.6 Å². The molecule has 0 bridgehead atoms. The number of nitrogens with two attached hydrogens (primary N) is 1. The molecule has 0 saturated heterocycles. The minimum absolute atomic E-state index is 0.0867. The van der Waals surface area contributed by atoms with Crippen molar-refractivity contribution in [1.82, 2.24) is 40.0 Å². The Morgan fingerprint density at radius 3 is 2.80 bits per heavy atom. The molecule has 226 valence electrons. The summed E-state index contributed by atoms with van der Waals surface area (Å²) in [5.74, 6) is 0.408. The van der Waals surface area contributed by atoms with Gasteiger partial charge in [0.15, 0.2) is 0 Å². The second kappa shape index (κ2) is 13.2. The molecule has 0 unspecified atom stereocenters. The molecule has 0 aliphatic rings. The number of nitrogens with zero attached hydrogens (tertiary/aromatic N) is 6. The van der Waals surface area contributed by atoms with Gasteiger partial charge in [0.25, 0.3) is 5.91 Å². The number of rotatable bonds is 12. The van der Waals surface area contributed by atoms with E-state index >= 15 is 0 Å². The molecule has 5 heterocycles. The van der Waals surface area contributed by atoms with Crippen LogP contribution in [0.4, 0.5) is 5.95 Å². The van der Waals surface area contributed by atoms with Crippen LogP contribution in [0.25, 0.3) is 43.8 Å². The second-order valence-corrected chi connectivity index (χ2v) is 11.9. The van der Waals surface area contributed by atoms with E-state index < -0.39 is 0 Å². The number of hydrogen-bond donors (Lipinski definition) is 3. The molecule has 0 saturated carbocycles. The molecule has 0 fully saturated rings. The van der Waals surface area contributed by atoms with Crippen LogP contribution in [0, 0.1) is 0 Å². The number of benzene rings is 1. The highest BCUT2D eigenvalue weighted by Crippen LogP contribution is 2.40. The maximum atomic E-state index is 12.4. The van der Waals surface area contributed by atoms with E-state index in [1.54, 1.807) is 24.5 Å². The molecule has 0 aliphatic carbocycles. The van der Waals surface area contributed by atoms with Crippen molar-refractivity contribution in [3.8, 4) is 28.3 Å². The summed E-state index contributed by atoms with van der Waals surface area (Å²) in [5, 5.41) is 9.77. The van der Waals surface area contributed by atoms with Gasteiger partial charge in [0, 0.05) is 47.4 Å². The van der Waals surface area contributed by atoms with Gasteiger partial charge in [-0.1, -0.05) is 29.6 Å². The van der Waals surface area contributed by atoms with E-state index in [1.807, 2.05) is 36.3 Å². The molecule has 0 aliphatic heterocycles. The molecular weight excluding hydrogens is 621 g/mol. The number of H-pyrrole nitrogens is 1. The average Bonchev–Trinajstić information content (AvgIpc) is 3.77. The molecule has 0 spiro atoms. The van der Waals surface area contributed by atoms with E-state index in [0.29, 0.717) is 55.3 Å². The SMILES string of the molecule is CCNC(=O)c1cc2c(-c3cc(OCCCCCCn4cc(-c5ncnc6[nH]ccc56)cn4)c(Cl)cc3Cl)nc(N)nc2s1. The van der Waals surface area contributed by atoms with Crippen LogP contribution in [-0.2, 0) is 6.54 Å². The minimum Gasteiger partial charge on any atom is -0.492 e. The summed E-state index contributed by atoms with van der Waals surface area (Å²) >= 11 is 14.3. The summed E-state index contributed by atoms with van der Waals surface area (Å²) in [5.41, 5.74) is 9.78. The van der Waals surface area contributed by atoms with Gasteiger partial charge in [-0.05, 0) is 50.5 Å².